The average molecular weight is 463 g/mol. The Hall–Kier alpha value is -3.68. The van der Waals surface area contributed by atoms with Crippen LogP contribution in [-0.2, 0) is 18.0 Å². The van der Waals surface area contributed by atoms with Crippen LogP contribution in [0.2, 0.25) is 5.02 Å². The highest BCUT2D eigenvalue weighted by Crippen LogP contribution is 2.16. The van der Waals surface area contributed by atoms with Crippen molar-refractivity contribution < 1.29 is 14.7 Å². The summed E-state index contributed by atoms with van der Waals surface area (Å²) in [6.45, 7) is 0.513. The highest BCUT2D eigenvalue weighted by Gasteiger charge is 2.11. The van der Waals surface area contributed by atoms with Crippen molar-refractivity contribution in [1.82, 2.24) is 15.0 Å². The molecule has 1 N–H and O–H groups in total. The fourth-order valence-corrected chi connectivity index (χ4v) is 3.24. The molecule has 7 nitrogen and oxygen atoms in total. The summed E-state index contributed by atoms with van der Waals surface area (Å²) >= 11 is 5.86. The fourth-order valence-electron chi connectivity index (χ4n) is 3.11. The predicted octanol–water partition coefficient (Wildman–Crippen LogP) is 4.34. The molecule has 1 unspecified atom stereocenters. The van der Waals surface area contributed by atoms with E-state index in [0.717, 1.165) is 16.8 Å². The van der Waals surface area contributed by atoms with Gasteiger partial charge in [0.15, 0.2) is 6.61 Å². The maximum absolute atomic E-state index is 10.2. The van der Waals surface area contributed by atoms with Crippen molar-refractivity contribution in [1.29, 1.82) is 0 Å². The normalized spacial score (nSPS) is 11.6. The summed E-state index contributed by atoms with van der Waals surface area (Å²) in [7, 11) is 0. The molecule has 0 aliphatic heterocycles. The first-order chi connectivity index (χ1) is 16.2. The second-order valence-corrected chi connectivity index (χ2v) is 7.73. The number of nitrogens with zero attached hydrogens (tertiary/aromatic N) is 4. The molecule has 0 saturated heterocycles. The summed E-state index contributed by atoms with van der Waals surface area (Å²) in [5, 5.41) is 23.4. The molecule has 0 aliphatic rings. The molecule has 0 radical (unpaired) electrons. The van der Waals surface area contributed by atoms with Crippen LogP contribution in [0.25, 0.3) is 0 Å². The highest BCUT2D eigenvalue weighted by atomic mass is 35.5. The van der Waals surface area contributed by atoms with Crippen molar-refractivity contribution in [3.63, 3.8) is 0 Å². The zero-order valence-electron chi connectivity index (χ0n) is 17.8. The molecule has 1 atom stereocenters. The maximum Gasteiger partial charge on any atom is 0.162 e. The molecule has 1 aromatic heterocycles. The van der Waals surface area contributed by atoms with Gasteiger partial charge in [-0.3, -0.25) is 0 Å². The zero-order valence-corrected chi connectivity index (χ0v) is 18.5. The highest BCUT2D eigenvalue weighted by molar-refractivity contribution is 6.30. The lowest BCUT2D eigenvalue weighted by Gasteiger charge is -2.12. The third kappa shape index (κ3) is 6.65. The van der Waals surface area contributed by atoms with Gasteiger partial charge in [0.05, 0.1) is 12.7 Å². The van der Waals surface area contributed by atoms with E-state index in [9.17, 15) is 5.11 Å². The second kappa shape index (κ2) is 11.3. The Bertz CT molecular complexity index is 1120. The number of oxime groups is 1. The van der Waals surface area contributed by atoms with E-state index in [1.54, 1.807) is 35.1 Å². The number of hydrogen-bond donors (Lipinski definition) is 1. The number of rotatable bonds is 10. The summed E-state index contributed by atoms with van der Waals surface area (Å²) in [4.78, 5) is 5.60. The van der Waals surface area contributed by atoms with Crippen molar-refractivity contribution >= 4 is 17.3 Å². The molecule has 0 aliphatic carbocycles. The molecule has 0 bridgehead atoms. The summed E-state index contributed by atoms with van der Waals surface area (Å²) < 4.78 is 7.11. The quantitative estimate of drug-likeness (QED) is 0.280. The van der Waals surface area contributed by atoms with Crippen molar-refractivity contribution in [2.45, 2.75) is 19.3 Å². The average Bonchev–Trinajstić information content (AvgIpc) is 3.29. The van der Waals surface area contributed by atoms with Gasteiger partial charge in [0.25, 0.3) is 0 Å². The van der Waals surface area contributed by atoms with E-state index < -0.39 is 6.10 Å². The number of aliphatic hydroxyl groups excluding tert-OH is 1. The van der Waals surface area contributed by atoms with Crippen LogP contribution in [0.1, 0.15) is 16.8 Å². The molecule has 0 amide bonds. The summed E-state index contributed by atoms with van der Waals surface area (Å²) in [6.07, 6.45) is 0.961. The lowest BCUT2D eigenvalue weighted by Crippen LogP contribution is -2.23. The largest absolute Gasteiger partial charge is 0.491 e. The van der Waals surface area contributed by atoms with Crippen LogP contribution < -0.4 is 4.74 Å². The number of aliphatic hydroxyl groups is 1. The molecular formula is C25H23ClN4O3. The van der Waals surface area contributed by atoms with Gasteiger partial charge in [-0.25, -0.2) is 4.68 Å². The van der Waals surface area contributed by atoms with Crippen LogP contribution in [-0.4, -0.2) is 38.5 Å². The van der Waals surface area contributed by atoms with Crippen LogP contribution in [0.15, 0.2) is 96.3 Å². The zero-order chi connectivity index (χ0) is 22.9. The van der Waals surface area contributed by atoms with Crippen LogP contribution in [0.4, 0.5) is 0 Å². The van der Waals surface area contributed by atoms with Crippen LogP contribution in [0.5, 0.6) is 5.75 Å². The Balaban J connectivity index is 1.33. The monoisotopic (exact) mass is 462 g/mol. The minimum Gasteiger partial charge on any atom is -0.491 e. The van der Waals surface area contributed by atoms with Gasteiger partial charge in [0.2, 0.25) is 0 Å². The SMILES string of the molecule is OC(COc1ccc(Cl)cc1)Cn1cc(CON=C(c2ccccc2)c2ccccc2)nn1. The minimum absolute atomic E-state index is 0.120. The Morgan fingerprint density at radius 3 is 2.21 bits per heavy atom. The standard InChI is InChI=1S/C25H23ClN4O3/c26-21-11-13-24(14-12-21)32-18-23(31)16-30-15-22(27-29-30)17-33-28-25(19-7-3-1-4-8-19)20-9-5-2-6-10-20/h1-15,23,31H,16-18H2. The van der Waals surface area contributed by atoms with Crippen LogP contribution in [0, 0.1) is 0 Å². The summed E-state index contributed by atoms with van der Waals surface area (Å²) in [5.74, 6) is 0.636. The van der Waals surface area contributed by atoms with Crippen LogP contribution >= 0.6 is 11.6 Å². The third-order valence-electron chi connectivity index (χ3n) is 4.70. The number of aromatic nitrogens is 3. The second-order valence-electron chi connectivity index (χ2n) is 7.30. The lowest BCUT2D eigenvalue weighted by atomic mass is 10.0. The number of benzene rings is 3. The van der Waals surface area contributed by atoms with E-state index in [0.29, 0.717) is 16.5 Å². The molecule has 168 valence electrons. The van der Waals surface area contributed by atoms with Gasteiger partial charge in [-0.1, -0.05) is 82.6 Å². The van der Waals surface area contributed by atoms with E-state index in [2.05, 4.69) is 15.5 Å². The maximum atomic E-state index is 10.2. The molecule has 1 heterocycles. The molecule has 8 heteroatoms. The van der Waals surface area contributed by atoms with E-state index >= 15 is 0 Å². The molecule has 4 rings (SSSR count). The van der Waals surface area contributed by atoms with Crippen molar-refractivity contribution in [3.05, 3.63) is 113 Å². The van der Waals surface area contributed by atoms with Gasteiger partial charge in [0.1, 0.15) is 29.9 Å². The van der Waals surface area contributed by atoms with Crippen LogP contribution in [0.3, 0.4) is 0 Å². The van der Waals surface area contributed by atoms with E-state index in [1.165, 1.54) is 0 Å². The third-order valence-corrected chi connectivity index (χ3v) is 4.95. The summed E-state index contributed by atoms with van der Waals surface area (Å²) in [5.41, 5.74) is 3.25. The minimum atomic E-state index is -0.753. The number of halogens is 1. The van der Waals surface area contributed by atoms with Crippen molar-refractivity contribution in [2.24, 2.45) is 5.16 Å². The smallest absolute Gasteiger partial charge is 0.162 e. The Morgan fingerprint density at radius 2 is 1.58 bits per heavy atom. The molecule has 33 heavy (non-hydrogen) atoms. The van der Waals surface area contributed by atoms with Gasteiger partial charge >= 0.3 is 0 Å². The topological polar surface area (TPSA) is 81.8 Å². The Kier molecular flexibility index (Phi) is 7.68. The number of hydrogen-bond acceptors (Lipinski definition) is 6. The van der Waals surface area contributed by atoms with E-state index in [4.69, 9.17) is 21.2 Å². The Morgan fingerprint density at radius 1 is 0.939 bits per heavy atom. The molecular weight excluding hydrogens is 440 g/mol. The van der Waals surface area contributed by atoms with Gasteiger partial charge in [0, 0.05) is 16.1 Å². The molecule has 0 saturated carbocycles. The lowest BCUT2D eigenvalue weighted by molar-refractivity contribution is 0.0887. The first kappa shape index (κ1) is 22.5. The van der Waals surface area contributed by atoms with E-state index in [-0.39, 0.29) is 19.8 Å². The molecule has 3 aromatic carbocycles. The van der Waals surface area contributed by atoms with Crippen molar-refractivity contribution in [2.75, 3.05) is 6.61 Å². The fraction of sp³-hybridized carbons (Fsp3) is 0.160. The van der Waals surface area contributed by atoms with Gasteiger partial charge < -0.3 is 14.7 Å². The number of ether oxygens (including phenoxy) is 1. The Labute approximate surface area is 196 Å². The molecule has 0 fully saturated rings. The van der Waals surface area contributed by atoms with E-state index in [1.807, 2.05) is 60.7 Å². The molecule has 4 aromatic rings. The predicted molar refractivity (Wildman–Crippen MR) is 126 cm³/mol. The summed E-state index contributed by atoms with van der Waals surface area (Å²) in [6, 6.07) is 26.7. The van der Waals surface area contributed by atoms with Crippen molar-refractivity contribution in [3.8, 4) is 5.75 Å². The molecule has 0 spiro atoms. The van der Waals surface area contributed by atoms with Gasteiger partial charge in [-0.05, 0) is 24.3 Å². The van der Waals surface area contributed by atoms with Gasteiger partial charge in [-0.15, -0.1) is 5.10 Å². The first-order valence-electron chi connectivity index (χ1n) is 10.4. The van der Waals surface area contributed by atoms with Gasteiger partial charge in [-0.2, -0.15) is 0 Å². The first-order valence-corrected chi connectivity index (χ1v) is 10.8.